The zero-order valence-electron chi connectivity index (χ0n) is 8.68. The molecule has 7 nitrogen and oxygen atoms in total. The lowest BCUT2D eigenvalue weighted by molar-refractivity contribution is 0.525. The first-order valence-electron chi connectivity index (χ1n) is 4.80. The number of aromatic nitrogens is 5. The van der Waals surface area contributed by atoms with Gasteiger partial charge in [-0.2, -0.15) is 10.2 Å². The zero-order chi connectivity index (χ0) is 11.5. The predicted octanol–water partition coefficient (Wildman–Crippen LogP) is 0.336. The van der Waals surface area contributed by atoms with Crippen molar-refractivity contribution in [3.05, 3.63) is 28.5 Å². The zero-order valence-corrected chi connectivity index (χ0v) is 10.3. The summed E-state index contributed by atoms with van der Waals surface area (Å²) < 4.78 is 2.73. The molecule has 1 atom stereocenters. The molecule has 4 N–H and O–H groups in total. The normalized spacial score (nSPS) is 12.9. The number of halogens is 1. The number of nitrogens with two attached hydrogens (primary N) is 1. The van der Waals surface area contributed by atoms with E-state index < -0.39 is 0 Å². The van der Waals surface area contributed by atoms with Gasteiger partial charge in [-0.1, -0.05) is 0 Å². The highest BCUT2D eigenvalue weighted by Gasteiger charge is 2.22. The van der Waals surface area contributed by atoms with Crippen LogP contribution < -0.4 is 11.3 Å². The van der Waals surface area contributed by atoms with Crippen molar-refractivity contribution < 1.29 is 0 Å². The Morgan fingerprint density at radius 1 is 1.69 bits per heavy atom. The van der Waals surface area contributed by atoms with E-state index in [-0.39, 0.29) is 6.04 Å². The summed E-state index contributed by atoms with van der Waals surface area (Å²) in [6.07, 6.45) is 3.18. The number of rotatable bonds is 4. The summed E-state index contributed by atoms with van der Waals surface area (Å²) in [5.74, 6) is 6.20. The Labute approximate surface area is 101 Å². The van der Waals surface area contributed by atoms with Crippen LogP contribution in [0.3, 0.4) is 0 Å². The Morgan fingerprint density at radius 2 is 2.50 bits per heavy atom. The maximum atomic E-state index is 5.55. The Hall–Kier alpha value is -1.25. The van der Waals surface area contributed by atoms with E-state index in [1.807, 2.05) is 11.6 Å². The molecule has 0 saturated carbocycles. The van der Waals surface area contributed by atoms with Crippen molar-refractivity contribution in [1.82, 2.24) is 30.4 Å². The first-order chi connectivity index (χ1) is 7.77. The number of hydrogen-bond acceptors (Lipinski definition) is 5. The third kappa shape index (κ3) is 1.86. The van der Waals surface area contributed by atoms with E-state index in [4.69, 9.17) is 5.84 Å². The minimum Gasteiger partial charge on any atom is -0.270 e. The molecule has 2 aromatic heterocycles. The van der Waals surface area contributed by atoms with Crippen LogP contribution in [0.25, 0.3) is 0 Å². The molecule has 0 aliphatic rings. The summed E-state index contributed by atoms with van der Waals surface area (Å²) >= 11 is 3.44. The molecule has 16 heavy (non-hydrogen) atoms. The molecule has 2 heterocycles. The molecule has 0 spiro atoms. The second-order valence-corrected chi connectivity index (χ2v) is 4.02. The van der Waals surface area contributed by atoms with Crippen LogP contribution in [0.2, 0.25) is 0 Å². The smallest absolute Gasteiger partial charge is 0.148 e. The molecule has 0 amide bonds. The Balaban J connectivity index is 2.44. The van der Waals surface area contributed by atoms with E-state index in [1.54, 1.807) is 6.20 Å². The van der Waals surface area contributed by atoms with E-state index in [2.05, 4.69) is 41.6 Å². The third-order valence-electron chi connectivity index (χ3n) is 2.28. The molecule has 2 rings (SSSR count). The van der Waals surface area contributed by atoms with Crippen molar-refractivity contribution in [3.63, 3.8) is 0 Å². The molecule has 86 valence electrons. The van der Waals surface area contributed by atoms with Crippen molar-refractivity contribution in [2.24, 2.45) is 5.84 Å². The number of hydrogen-bond donors (Lipinski definition) is 3. The van der Waals surface area contributed by atoms with Gasteiger partial charge >= 0.3 is 0 Å². The van der Waals surface area contributed by atoms with Gasteiger partial charge in [-0.25, -0.2) is 10.4 Å². The van der Waals surface area contributed by atoms with Gasteiger partial charge in [-0.3, -0.25) is 15.6 Å². The number of aromatic amines is 1. The SMILES string of the molecule is CCn1ncc(Br)c1C(NN)c1ncn[nH]1. The number of nitrogens with zero attached hydrogens (tertiary/aromatic N) is 4. The van der Waals surface area contributed by atoms with Gasteiger partial charge in [-0.05, 0) is 22.9 Å². The first-order valence-corrected chi connectivity index (χ1v) is 5.59. The van der Waals surface area contributed by atoms with E-state index in [9.17, 15) is 0 Å². The van der Waals surface area contributed by atoms with Crippen molar-refractivity contribution in [3.8, 4) is 0 Å². The van der Waals surface area contributed by atoms with Crippen molar-refractivity contribution in [1.29, 1.82) is 0 Å². The van der Waals surface area contributed by atoms with Crippen molar-refractivity contribution >= 4 is 15.9 Å². The Morgan fingerprint density at radius 3 is 3.06 bits per heavy atom. The van der Waals surface area contributed by atoms with Gasteiger partial charge in [0.2, 0.25) is 0 Å². The van der Waals surface area contributed by atoms with E-state index >= 15 is 0 Å². The van der Waals surface area contributed by atoms with E-state index in [0.717, 1.165) is 16.7 Å². The van der Waals surface area contributed by atoms with Crippen LogP contribution in [-0.2, 0) is 6.54 Å². The van der Waals surface area contributed by atoms with Gasteiger partial charge in [-0.15, -0.1) is 0 Å². The lowest BCUT2D eigenvalue weighted by Gasteiger charge is -2.15. The number of H-pyrrole nitrogens is 1. The molecule has 0 fully saturated rings. The predicted molar refractivity (Wildman–Crippen MR) is 61.1 cm³/mol. The van der Waals surface area contributed by atoms with Gasteiger partial charge in [0.25, 0.3) is 0 Å². The van der Waals surface area contributed by atoms with Gasteiger partial charge in [0.1, 0.15) is 18.2 Å². The highest BCUT2D eigenvalue weighted by Crippen LogP contribution is 2.25. The highest BCUT2D eigenvalue weighted by molar-refractivity contribution is 9.10. The molecule has 0 saturated heterocycles. The molecular weight excluding hydrogens is 274 g/mol. The standard InChI is InChI=1S/C8H12BrN7/c1-2-16-7(5(9)3-13-16)6(14-10)8-11-4-12-15-8/h3-4,6,14H,2,10H2,1H3,(H,11,12,15). The van der Waals surface area contributed by atoms with Crippen LogP contribution in [-0.4, -0.2) is 25.0 Å². The molecule has 2 aromatic rings. The highest BCUT2D eigenvalue weighted by atomic mass is 79.9. The fraction of sp³-hybridized carbons (Fsp3) is 0.375. The molecule has 0 aliphatic heterocycles. The van der Waals surface area contributed by atoms with Gasteiger partial charge in [0.15, 0.2) is 0 Å². The van der Waals surface area contributed by atoms with Crippen LogP contribution in [0.5, 0.6) is 0 Å². The van der Waals surface area contributed by atoms with Crippen LogP contribution >= 0.6 is 15.9 Å². The molecule has 0 aromatic carbocycles. The van der Waals surface area contributed by atoms with Gasteiger partial charge in [0.05, 0.1) is 16.4 Å². The summed E-state index contributed by atoms with van der Waals surface area (Å²) in [6, 6.07) is -0.265. The molecule has 0 radical (unpaired) electrons. The number of hydrazine groups is 1. The van der Waals surface area contributed by atoms with Gasteiger partial charge < -0.3 is 0 Å². The second-order valence-electron chi connectivity index (χ2n) is 3.16. The third-order valence-corrected chi connectivity index (χ3v) is 2.89. The lowest BCUT2D eigenvalue weighted by atomic mass is 10.2. The van der Waals surface area contributed by atoms with Crippen LogP contribution in [0.4, 0.5) is 0 Å². The summed E-state index contributed by atoms with van der Waals surface area (Å²) in [7, 11) is 0. The summed E-state index contributed by atoms with van der Waals surface area (Å²) in [4.78, 5) is 4.09. The van der Waals surface area contributed by atoms with Crippen molar-refractivity contribution in [2.45, 2.75) is 19.5 Å². The molecule has 0 aliphatic carbocycles. The van der Waals surface area contributed by atoms with Crippen LogP contribution in [0, 0.1) is 0 Å². The maximum Gasteiger partial charge on any atom is 0.148 e. The molecule has 0 bridgehead atoms. The largest absolute Gasteiger partial charge is 0.270 e. The van der Waals surface area contributed by atoms with E-state index in [0.29, 0.717) is 5.82 Å². The minimum atomic E-state index is -0.265. The Bertz CT molecular complexity index is 449. The lowest BCUT2D eigenvalue weighted by Crippen LogP contribution is -2.31. The number of nitrogens with one attached hydrogen (secondary N) is 2. The maximum absolute atomic E-state index is 5.55. The molecular formula is C8H12BrN7. The van der Waals surface area contributed by atoms with Crippen LogP contribution in [0.1, 0.15) is 24.5 Å². The average molecular weight is 286 g/mol. The average Bonchev–Trinajstić information content (AvgIpc) is 2.91. The summed E-state index contributed by atoms with van der Waals surface area (Å²) in [5.41, 5.74) is 3.62. The summed E-state index contributed by atoms with van der Waals surface area (Å²) in [5, 5.41) is 10.8. The summed E-state index contributed by atoms with van der Waals surface area (Å²) in [6.45, 7) is 2.77. The molecule has 1 unspecified atom stereocenters. The van der Waals surface area contributed by atoms with Crippen molar-refractivity contribution in [2.75, 3.05) is 0 Å². The Kier molecular flexibility index (Phi) is 3.32. The minimum absolute atomic E-state index is 0.265. The molecule has 8 heteroatoms. The monoisotopic (exact) mass is 285 g/mol. The quantitative estimate of drug-likeness (QED) is 0.556. The fourth-order valence-electron chi connectivity index (χ4n) is 1.55. The topological polar surface area (TPSA) is 97.4 Å². The first kappa shape index (κ1) is 11.2. The second kappa shape index (κ2) is 4.73. The number of aryl methyl sites for hydroxylation is 1. The van der Waals surface area contributed by atoms with Gasteiger partial charge in [0, 0.05) is 6.54 Å². The van der Waals surface area contributed by atoms with Crippen LogP contribution in [0.15, 0.2) is 17.0 Å². The van der Waals surface area contributed by atoms with E-state index in [1.165, 1.54) is 6.33 Å². The fourth-order valence-corrected chi connectivity index (χ4v) is 2.08.